The van der Waals surface area contributed by atoms with Crippen molar-refractivity contribution in [2.24, 2.45) is 0 Å². The summed E-state index contributed by atoms with van der Waals surface area (Å²) in [6.07, 6.45) is 1.31. The van der Waals surface area contributed by atoms with E-state index in [9.17, 15) is 0 Å². The maximum Gasteiger partial charge on any atom is 0.161 e. The predicted octanol–water partition coefficient (Wildman–Crippen LogP) is 3.02. The van der Waals surface area contributed by atoms with Gasteiger partial charge in [-0.25, -0.2) is 0 Å². The lowest BCUT2D eigenvalue weighted by atomic mass is 10.2. The predicted molar refractivity (Wildman–Crippen MR) is 64.1 cm³/mol. The van der Waals surface area contributed by atoms with Gasteiger partial charge in [-0.1, -0.05) is 13.0 Å². The fourth-order valence-electron chi connectivity index (χ4n) is 1.33. The molecule has 1 rings (SSSR count). The van der Waals surface area contributed by atoms with E-state index in [1.54, 1.807) is 14.2 Å². The molecule has 0 spiro atoms. The average Bonchev–Trinajstić information content (AvgIpc) is 2.35. The lowest BCUT2D eigenvalue weighted by Crippen LogP contribution is -2.06. The van der Waals surface area contributed by atoms with Crippen molar-refractivity contribution in [3.05, 3.63) is 23.8 Å². The van der Waals surface area contributed by atoms with Gasteiger partial charge in [-0.2, -0.15) is 0 Å². The molecular weight excluding hydrogens is 204 g/mol. The highest BCUT2D eigenvalue weighted by atomic mass is 16.5. The van der Waals surface area contributed by atoms with E-state index in [-0.39, 0.29) is 6.10 Å². The van der Waals surface area contributed by atoms with Gasteiger partial charge in [0.1, 0.15) is 0 Å². The van der Waals surface area contributed by atoms with Crippen LogP contribution in [0.3, 0.4) is 0 Å². The molecule has 0 aliphatic heterocycles. The summed E-state index contributed by atoms with van der Waals surface area (Å²) in [4.78, 5) is 0. The third-order valence-electron chi connectivity index (χ3n) is 2.56. The van der Waals surface area contributed by atoms with E-state index in [2.05, 4.69) is 13.8 Å². The van der Waals surface area contributed by atoms with Gasteiger partial charge in [0.15, 0.2) is 11.5 Å². The second-order valence-corrected chi connectivity index (χ2v) is 3.72. The summed E-state index contributed by atoms with van der Waals surface area (Å²) in [6, 6.07) is 5.83. The summed E-state index contributed by atoms with van der Waals surface area (Å²) < 4.78 is 16.1. The molecule has 16 heavy (non-hydrogen) atoms. The van der Waals surface area contributed by atoms with Crippen LogP contribution < -0.4 is 9.47 Å². The highest BCUT2D eigenvalue weighted by Gasteiger charge is 2.05. The zero-order valence-corrected chi connectivity index (χ0v) is 10.4. The van der Waals surface area contributed by atoms with Crippen LogP contribution in [-0.4, -0.2) is 20.3 Å². The SMILES string of the molecule is CCC(C)OCc1ccc(OC)c(OC)c1. The van der Waals surface area contributed by atoms with Gasteiger partial charge in [-0.15, -0.1) is 0 Å². The largest absolute Gasteiger partial charge is 0.493 e. The number of hydrogen-bond acceptors (Lipinski definition) is 3. The average molecular weight is 224 g/mol. The molecule has 0 heterocycles. The van der Waals surface area contributed by atoms with Crippen LogP contribution in [0.25, 0.3) is 0 Å². The molecule has 0 radical (unpaired) electrons. The van der Waals surface area contributed by atoms with Crippen LogP contribution in [0.5, 0.6) is 11.5 Å². The summed E-state index contributed by atoms with van der Waals surface area (Å²) in [5, 5.41) is 0. The third kappa shape index (κ3) is 3.42. The second-order valence-electron chi connectivity index (χ2n) is 3.72. The molecule has 1 atom stereocenters. The quantitative estimate of drug-likeness (QED) is 0.743. The van der Waals surface area contributed by atoms with Gasteiger partial charge in [-0.3, -0.25) is 0 Å². The second kappa shape index (κ2) is 6.38. The lowest BCUT2D eigenvalue weighted by Gasteiger charge is -2.12. The van der Waals surface area contributed by atoms with Crippen molar-refractivity contribution >= 4 is 0 Å². The first kappa shape index (κ1) is 12.8. The Hall–Kier alpha value is -1.22. The highest BCUT2D eigenvalue weighted by molar-refractivity contribution is 5.42. The van der Waals surface area contributed by atoms with Crippen LogP contribution in [0.1, 0.15) is 25.8 Å². The van der Waals surface area contributed by atoms with Gasteiger partial charge in [0.25, 0.3) is 0 Å². The van der Waals surface area contributed by atoms with E-state index >= 15 is 0 Å². The van der Waals surface area contributed by atoms with Gasteiger partial charge in [0.2, 0.25) is 0 Å². The van der Waals surface area contributed by atoms with Crippen LogP contribution in [0.2, 0.25) is 0 Å². The third-order valence-corrected chi connectivity index (χ3v) is 2.56. The van der Waals surface area contributed by atoms with Crippen molar-refractivity contribution in [3.63, 3.8) is 0 Å². The number of hydrogen-bond donors (Lipinski definition) is 0. The van der Waals surface area contributed by atoms with E-state index < -0.39 is 0 Å². The smallest absolute Gasteiger partial charge is 0.161 e. The van der Waals surface area contributed by atoms with Crippen molar-refractivity contribution in [2.45, 2.75) is 33.0 Å². The first-order chi connectivity index (χ1) is 7.71. The van der Waals surface area contributed by atoms with Crippen molar-refractivity contribution in [2.75, 3.05) is 14.2 Å². The van der Waals surface area contributed by atoms with Crippen LogP contribution >= 0.6 is 0 Å². The standard InChI is InChI=1S/C13H20O3/c1-5-10(2)16-9-11-6-7-12(14-3)13(8-11)15-4/h6-8,10H,5,9H2,1-4H3. The molecule has 3 nitrogen and oxygen atoms in total. The molecule has 0 saturated carbocycles. The molecule has 0 fully saturated rings. The fraction of sp³-hybridized carbons (Fsp3) is 0.538. The summed E-state index contributed by atoms with van der Waals surface area (Å²) in [5.74, 6) is 1.49. The Labute approximate surface area is 97.3 Å². The fourth-order valence-corrected chi connectivity index (χ4v) is 1.33. The Balaban J connectivity index is 2.67. The van der Waals surface area contributed by atoms with Crippen molar-refractivity contribution in [3.8, 4) is 11.5 Å². The minimum atomic E-state index is 0.285. The topological polar surface area (TPSA) is 27.7 Å². The van der Waals surface area contributed by atoms with Crippen molar-refractivity contribution in [1.82, 2.24) is 0 Å². The number of ether oxygens (including phenoxy) is 3. The monoisotopic (exact) mass is 224 g/mol. The molecule has 1 aromatic rings. The molecule has 0 amide bonds. The van der Waals surface area contributed by atoms with Gasteiger partial charge in [-0.05, 0) is 31.0 Å². The molecule has 0 saturated heterocycles. The maximum atomic E-state index is 5.65. The lowest BCUT2D eigenvalue weighted by molar-refractivity contribution is 0.0507. The van der Waals surface area contributed by atoms with Gasteiger partial charge in [0, 0.05) is 0 Å². The first-order valence-corrected chi connectivity index (χ1v) is 5.53. The molecule has 0 aromatic heterocycles. The summed E-state index contributed by atoms with van der Waals surface area (Å²) in [5.41, 5.74) is 1.10. The summed E-state index contributed by atoms with van der Waals surface area (Å²) in [7, 11) is 3.27. The molecule has 90 valence electrons. The Morgan fingerprint density at radius 1 is 1.12 bits per heavy atom. The number of methoxy groups -OCH3 is 2. The Bertz CT molecular complexity index is 323. The molecule has 0 N–H and O–H groups in total. The van der Waals surface area contributed by atoms with Gasteiger partial charge >= 0.3 is 0 Å². The zero-order valence-electron chi connectivity index (χ0n) is 10.4. The molecule has 1 unspecified atom stereocenters. The van der Waals surface area contributed by atoms with Crippen LogP contribution in [-0.2, 0) is 11.3 Å². The van der Waals surface area contributed by atoms with E-state index in [4.69, 9.17) is 14.2 Å². The minimum Gasteiger partial charge on any atom is -0.493 e. The normalized spacial score (nSPS) is 12.2. The molecule has 0 aliphatic carbocycles. The van der Waals surface area contributed by atoms with Crippen molar-refractivity contribution < 1.29 is 14.2 Å². The molecule has 1 aromatic carbocycles. The maximum absolute atomic E-state index is 5.65. The first-order valence-electron chi connectivity index (χ1n) is 5.53. The molecule has 0 aliphatic rings. The van der Waals surface area contributed by atoms with E-state index in [0.717, 1.165) is 23.5 Å². The van der Waals surface area contributed by atoms with E-state index in [1.165, 1.54) is 0 Å². The van der Waals surface area contributed by atoms with Crippen LogP contribution in [0.15, 0.2) is 18.2 Å². The summed E-state index contributed by atoms with van der Waals surface area (Å²) in [6.45, 7) is 4.79. The Morgan fingerprint density at radius 2 is 1.81 bits per heavy atom. The summed E-state index contributed by atoms with van der Waals surface area (Å²) >= 11 is 0. The molecule has 0 bridgehead atoms. The van der Waals surface area contributed by atoms with E-state index in [1.807, 2.05) is 18.2 Å². The molecule has 3 heteroatoms. The Kier molecular flexibility index (Phi) is 5.12. The van der Waals surface area contributed by atoms with Gasteiger partial charge in [0.05, 0.1) is 26.9 Å². The van der Waals surface area contributed by atoms with Crippen LogP contribution in [0, 0.1) is 0 Å². The van der Waals surface area contributed by atoms with E-state index in [0.29, 0.717) is 6.61 Å². The van der Waals surface area contributed by atoms with Crippen LogP contribution in [0.4, 0.5) is 0 Å². The molecular formula is C13H20O3. The number of benzene rings is 1. The number of rotatable bonds is 6. The highest BCUT2D eigenvalue weighted by Crippen LogP contribution is 2.27. The zero-order chi connectivity index (χ0) is 12.0. The van der Waals surface area contributed by atoms with Gasteiger partial charge < -0.3 is 14.2 Å². The van der Waals surface area contributed by atoms with Crippen molar-refractivity contribution in [1.29, 1.82) is 0 Å². The minimum absolute atomic E-state index is 0.285. The Morgan fingerprint density at radius 3 is 2.38 bits per heavy atom.